The lowest BCUT2D eigenvalue weighted by molar-refractivity contribution is 0.828. The second-order valence-corrected chi connectivity index (χ2v) is 9.50. The number of anilines is 1. The summed E-state index contributed by atoms with van der Waals surface area (Å²) in [7, 11) is 0. The Kier molecular flexibility index (Phi) is 7.13. The van der Waals surface area contributed by atoms with Crippen molar-refractivity contribution < 1.29 is 0 Å². The van der Waals surface area contributed by atoms with Gasteiger partial charge in [-0.15, -0.1) is 0 Å². The molecule has 0 bridgehead atoms. The Bertz CT molecular complexity index is 1420. The van der Waals surface area contributed by atoms with E-state index in [-0.39, 0.29) is 0 Å². The van der Waals surface area contributed by atoms with Crippen LogP contribution in [-0.4, -0.2) is 21.1 Å². The van der Waals surface area contributed by atoms with Crippen LogP contribution < -0.4 is 5.32 Å². The number of hydrogen-bond donors (Lipinski definition) is 1. The standard InChI is InChI=1S/C32H34N4/c1-4-24-10-12-26(13-11-24)21-36-30(28-16-14-25(5-2)15-17-28)19-29-31(34-22-35-32(29)36)33-20-27-9-7-6-8-23(3)18-27/h6-19,22,27H,4-5,20-21H2,1-3H3,(H,33,34,35). The van der Waals surface area contributed by atoms with E-state index in [1.54, 1.807) is 6.33 Å². The van der Waals surface area contributed by atoms with Crippen molar-refractivity contribution >= 4 is 16.9 Å². The fourth-order valence-corrected chi connectivity index (χ4v) is 4.78. The zero-order chi connectivity index (χ0) is 24.9. The molecule has 182 valence electrons. The molecule has 2 aromatic heterocycles. The van der Waals surface area contributed by atoms with Gasteiger partial charge in [-0.05, 0) is 48.1 Å². The quantitative estimate of drug-likeness (QED) is 0.290. The predicted molar refractivity (Wildman–Crippen MR) is 151 cm³/mol. The van der Waals surface area contributed by atoms with Crippen molar-refractivity contribution in [2.24, 2.45) is 5.92 Å². The van der Waals surface area contributed by atoms with Gasteiger partial charge in [0, 0.05) is 19.0 Å². The van der Waals surface area contributed by atoms with E-state index in [2.05, 4.69) is 121 Å². The van der Waals surface area contributed by atoms with Crippen molar-refractivity contribution in [1.82, 2.24) is 14.5 Å². The number of fused-ring (bicyclic) bond motifs is 1. The molecular formula is C32H34N4. The molecule has 0 fully saturated rings. The molecule has 0 aliphatic heterocycles. The lowest BCUT2D eigenvalue weighted by atomic mass is 10.1. The summed E-state index contributed by atoms with van der Waals surface area (Å²) in [6.07, 6.45) is 14.6. The molecule has 0 spiro atoms. The first-order valence-electron chi connectivity index (χ1n) is 12.9. The summed E-state index contributed by atoms with van der Waals surface area (Å²) >= 11 is 0. The molecule has 1 aliphatic rings. The highest BCUT2D eigenvalue weighted by Gasteiger charge is 2.16. The number of rotatable bonds is 8. The molecule has 2 heterocycles. The summed E-state index contributed by atoms with van der Waals surface area (Å²) in [6.45, 7) is 8.06. The first kappa shape index (κ1) is 23.8. The van der Waals surface area contributed by atoms with Crippen LogP contribution in [0.3, 0.4) is 0 Å². The number of nitrogens with zero attached hydrogens (tertiary/aromatic N) is 3. The van der Waals surface area contributed by atoms with Crippen LogP contribution in [0, 0.1) is 5.92 Å². The lowest BCUT2D eigenvalue weighted by Crippen LogP contribution is -2.12. The summed E-state index contributed by atoms with van der Waals surface area (Å²) in [6, 6.07) is 20.0. The number of aryl methyl sites for hydroxylation is 2. The molecule has 1 aliphatic carbocycles. The zero-order valence-corrected chi connectivity index (χ0v) is 21.4. The number of aromatic nitrogens is 3. The molecule has 1 N–H and O–H groups in total. The van der Waals surface area contributed by atoms with Gasteiger partial charge in [-0.1, -0.05) is 98.3 Å². The highest BCUT2D eigenvalue weighted by molar-refractivity contribution is 5.92. The van der Waals surface area contributed by atoms with Gasteiger partial charge in [-0.2, -0.15) is 0 Å². The highest BCUT2D eigenvalue weighted by atomic mass is 15.1. The second kappa shape index (κ2) is 10.8. The van der Waals surface area contributed by atoms with Gasteiger partial charge in [0.15, 0.2) is 0 Å². The predicted octanol–water partition coefficient (Wildman–Crippen LogP) is 7.37. The van der Waals surface area contributed by atoms with Crippen LogP contribution >= 0.6 is 0 Å². The van der Waals surface area contributed by atoms with Gasteiger partial charge in [0.25, 0.3) is 0 Å². The number of hydrogen-bond acceptors (Lipinski definition) is 3. The third-order valence-electron chi connectivity index (χ3n) is 6.93. The molecule has 4 aromatic rings. The number of nitrogens with one attached hydrogen (secondary N) is 1. The zero-order valence-electron chi connectivity index (χ0n) is 21.4. The van der Waals surface area contributed by atoms with Crippen LogP contribution in [0.25, 0.3) is 22.3 Å². The topological polar surface area (TPSA) is 42.7 Å². The third-order valence-corrected chi connectivity index (χ3v) is 6.93. The van der Waals surface area contributed by atoms with E-state index in [1.165, 1.54) is 27.8 Å². The Morgan fingerprint density at radius 2 is 1.56 bits per heavy atom. The molecule has 2 aromatic carbocycles. The molecular weight excluding hydrogens is 440 g/mol. The van der Waals surface area contributed by atoms with E-state index >= 15 is 0 Å². The van der Waals surface area contributed by atoms with Crippen LogP contribution in [-0.2, 0) is 19.4 Å². The van der Waals surface area contributed by atoms with Crippen molar-refractivity contribution in [2.75, 3.05) is 11.9 Å². The van der Waals surface area contributed by atoms with E-state index < -0.39 is 0 Å². The second-order valence-electron chi connectivity index (χ2n) is 9.50. The SMILES string of the molecule is CCc1ccc(Cn2c(-c3ccc(CC)cc3)cc3c(NCC4C=CC=CC(C)=C4)ncnc32)cc1. The molecule has 5 rings (SSSR count). The first-order chi connectivity index (χ1) is 17.6. The normalized spacial score (nSPS) is 15.2. The maximum Gasteiger partial charge on any atom is 0.146 e. The molecule has 0 amide bonds. The van der Waals surface area contributed by atoms with Gasteiger partial charge in [-0.25, -0.2) is 9.97 Å². The molecule has 4 heteroatoms. The molecule has 4 nitrogen and oxygen atoms in total. The Morgan fingerprint density at radius 3 is 2.28 bits per heavy atom. The molecule has 1 unspecified atom stereocenters. The van der Waals surface area contributed by atoms with E-state index in [9.17, 15) is 0 Å². The third kappa shape index (κ3) is 5.18. The van der Waals surface area contributed by atoms with Crippen molar-refractivity contribution in [1.29, 1.82) is 0 Å². The van der Waals surface area contributed by atoms with Crippen molar-refractivity contribution in [3.8, 4) is 11.3 Å². The van der Waals surface area contributed by atoms with E-state index in [0.717, 1.165) is 48.5 Å². The Balaban J connectivity index is 1.53. The monoisotopic (exact) mass is 474 g/mol. The van der Waals surface area contributed by atoms with Crippen LogP contribution in [0.15, 0.2) is 96.9 Å². The largest absolute Gasteiger partial charge is 0.369 e. The summed E-state index contributed by atoms with van der Waals surface area (Å²) in [5.41, 5.74) is 8.54. The summed E-state index contributed by atoms with van der Waals surface area (Å²) in [4.78, 5) is 9.39. The van der Waals surface area contributed by atoms with Gasteiger partial charge in [0.05, 0.1) is 11.1 Å². The fourth-order valence-electron chi connectivity index (χ4n) is 4.78. The molecule has 0 radical (unpaired) electrons. The van der Waals surface area contributed by atoms with Crippen molar-refractivity contribution in [3.63, 3.8) is 0 Å². The minimum atomic E-state index is 0.310. The van der Waals surface area contributed by atoms with Gasteiger partial charge in [0.2, 0.25) is 0 Å². The minimum absolute atomic E-state index is 0.310. The Morgan fingerprint density at radius 1 is 0.861 bits per heavy atom. The molecule has 36 heavy (non-hydrogen) atoms. The van der Waals surface area contributed by atoms with Crippen LogP contribution in [0.1, 0.15) is 37.5 Å². The van der Waals surface area contributed by atoms with Gasteiger partial charge in [0.1, 0.15) is 17.8 Å². The molecule has 0 saturated heterocycles. The van der Waals surface area contributed by atoms with Gasteiger partial charge >= 0.3 is 0 Å². The average molecular weight is 475 g/mol. The van der Waals surface area contributed by atoms with Crippen LogP contribution in [0.4, 0.5) is 5.82 Å². The maximum absolute atomic E-state index is 4.75. The fraction of sp³-hybridized carbons (Fsp3) is 0.250. The summed E-state index contributed by atoms with van der Waals surface area (Å²) in [5.74, 6) is 1.19. The van der Waals surface area contributed by atoms with Crippen LogP contribution in [0.2, 0.25) is 0 Å². The Hall–Kier alpha value is -3.92. The smallest absolute Gasteiger partial charge is 0.146 e. The first-order valence-corrected chi connectivity index (χ1v) is 12.9. The summed E-state index contributed by atoms with van der Waals surface area (Å²) in [5, 5.41) is 4.66. The van der Waals surface area contributed by atoms with Crippen LogP contribution in [0.5, 0.6) is 0 Å². The maximum atomic E-state index is 4.75. The van der Waals surface area contributed by atoms with Crippen molar-refractivity contribution in [2.45, 2.75) is 40.2 Å². The van der Waals surface area contributed by atoms with Gasteiger partial charge < -0.3 is 9.88 Å². The summed E-state index contributed by atoms with van der Waals surface area (Å²) < 4.78 is 2.32. The minimum Gasteiger partial charge on any atom is -0.369 e. The van der Waals surface area contributed by atoms with E-state index in [1.807, 2.05) is 0 Å². The van der Waals surface area contributed by atoms with Crippen molar-refractivity contribution in [3.05, 3.63) is 114 Å². The number of allylic oxidation sites excluding steroid dienone is 4. The highest BCUT2D eigenvalue weighted by Crippen LogP contribution is 2.32. The molecule has 0 saturated carbocycles. The number of benzene rings is 2. The lowest BCUT2D eigenvalue weighted by Gasteiger charge is -2.13. The Labute approximate surface area is 214 Å². The molecule has 1 atom stereocenters. The van der Waals surface area contributed by atoms with Gasteiger partial charge in [-0.3, -0.25) is 0 Å². The average Bonchev–Trinajstić information content (AvgIpc) is 3.14. The van der Waals surface area contributed by atoms with E-state index in [4.69, 9.17) is 4.98 Å². The van der Waals surface area contributed by atoms with E-state index in [0.29, 0.717) is 5.92 Å².